The smallest absolute Gasteiger partial charge is 0.308 e. The van der Waals surface area contributed by atoms with Gasteiger partial charge in [0.05, 0.1) is 11.5 Å². The lowest BCUT2D eigenvalue weighted by Gasteiger charge is -2.19. The molecule has 0 aromatic heterocycles. The Balaban J connectivity index is 2.87. The van der Waals surface area contributed by atoms with Crippen molar-refractivity contribution in [3.63, 3.8) is 0 Å². The summed E-state index contributed by atoms with van der Waals surface area (Å²) in [7, 11) is 1.34. The normalized spacial score (nSPS) is 12.0. The van der Waals surface area contributed by atoms with Gasteiger partial charge in [-0.2, -0.15) is 0 Å². The lowest BCUT2D eigenvalue weighted by Crippen LogP contribution is -2.34. The van der Waals surface area contributed by atoms with E-state index in [9.17, 15) is 18.4 Å². The van der Waals surface area contributed by atoms with E-state index in [-0.39, 0.29) is 6.54 Å². The molecule has 1 aromatic rings. The van der Waals surface area contributed by atoms with E-state index in [1.165, 1.54) is 20.0 Å². The fraction of sp³-hybridized carbons (Fsp3) is 0.333. The fourth-order valence-electron chi connectivity index (χ4n) is 1.45. The molecule has 0 aliphatic carbocycles. The Hall–Kier alpha value is -1.98. The molecule has 1 atom stereocenters. The fourth-order valence-corrected chi connectivity index (χ4v) is 1.45. The zero-order chi connectivity index (χ0) is 13.9. The van der Waals surface area contributed by atoms with Crippen molar-refractivity contribution < 1.29 is 23.5 Å². The molecule has 0 heterocycles. The Kier molecular flexibility index (Phi) is 4.36. The van der Waals surface area contributed by atoms with Gasteiger partial charge in [-0.25, -0.2) is 8.78 Å². The maximum absolute atomic E-state index is 13.4. The molecule has 18 heavy (non-hydrogen) atoms. The van der Waals surface area contributed by atoms with Crippen LogP contribution in [-0.2, 0) is 4.79 Å². The average molecular weight is 257 g/mol. The van der Waals surface area contributed by atoms with Gasteiger partial charge >= 0.3 is 5.97 Å². The van der Waals surface area contributed by atoms with Crippen LogP contribution in [0.1, 0.15) is 17.3 Å². The molecule has 0 aliphatic rings. The highest BCUT2D eigenvalue weighted by Gasteiger charge is 2.22. The van der Waals surface area contributed by atoms with Gasteiger partial charge in [0.15, 0.2) is 11.6 Å². The molecule has 4 nitrogen and oxygen atoms in total. The third-order valence-corrected chi connectivity index (χ3v) is 2.50. The number of amides is 1. The van der Waals surface area contributed by atoms with Gasteiger partial charge in [0.25, 0.3) is 5.91 Å². The minimum atomic E-state index is -1.22. The molecule has 0 unspecified atom stereocenters. The van der Waals surface area contributed by atoms with E-state index < -0.39 is 35.0 Å². The van der Waals surface area contributed by atoms with Crippen molar-refractivity contribution >= 4 is 11.9 Å². The van der Waals surface area contributed by atoms with Gasteiger partial charge < -0.3 is 10.0 Å². The maximum Gasteiger partial charge on any atom is 0.308 e. The number of carboxylic acid groups (broad SMARTS) is 1. The third-order valence-electron chi connectivity index (χ3n) is 2.50. The molecule has 0 aliphatic heterocycles. The summed E-state index contributed by atoms with van der Waals surface area (Å²) < 4.78 is 26.3. The first-order valence-electron chi connectivity index (χ1n) is 5.27. The summed E-state index contributed by atoms with van der Waals surface area (Å²) in [5.41, 5.74) is -0.407. The van der Waals surface area contributed by atoms with Crippen LogP contribution in [0.3, 0.4) is 0 Å². The van der Waals surface area contributed by atoms with Crippen molar-refractivity contribution in [1.29, 1.82) is 0 Å². The van der Waals surface area contributed by atoms with E-state index in [1.54, 1.807) is 0 Å². The molecule has 0 spiro atoms. The van der Waals surface area contributed by atoms with Crippen LogP contribution in [0.4, 0.5) is 8.78 Å². The number of halogens is 2. The van der Waals surface area contributed by atoms with E-state index >= 15 is 0 Å². The van der Waals surface area contributed by atoms with Crippen LogP contribution >= 0.6 is 0 Å². The molecule has 0 bridgehead atoms. The molecule has 0 saturated carbocycles. The number of aliphatic carboxylic acids is 1. The molecule has 1 N–H and O–H groups in total. The Labute approximate surface area is 103 Å². The van der Waals surface area contributed by atoms with E-state index in [0.29, 0.717) is 0 Å². The maximum atomic E-state index is 13.4. The highest BCUT2D eigenvalue weighted by Crippen LogP contribution is 2.14. The predicted octanol–water partition coefficient (Wildman–Crippen LogP) is 1.76. The second kappa shape index (κ2) is 5.57. The number of carboxylic acids is 1. The van der Waals surface area contributed by atoms with Gasteiger partial charge in [0.1, 0.15) is 0 Å². The van der Waals surface area contributed by atoms with E-state index in [1.807, 2.05) is 0 Å². The number of carbonyl (C=O) groups excluding carboxylic acids is 1. The summed E-state index contributed by atoms with van der Waals surface area (Å²) >= 11 is 0. The molecule has 1 aromatic carbocycles. The van der Waals surface area contributed by atoms with Crippen molar-refractivity contribution in [2.45, 2.75) is 6.92 Å². The lowest BCUT2D eigenvalue weighted by atomic mass is 10.1. The van der Waals surface area contributed by atoms with Gasteiger partial charge in [-0.05, 0) is 12.1 Å². The topological polar surface area (TPSA) is 57.6 Å². The van der Waals surface area contributed by atoms with Gasteiger partial charge in [-0.3, -0.25) is 9.59 Å². The molecule has 1 amide bonds. The van der Waals surface area contributed by atoms with Crippen molar-refractivity contribution in [3.05, 3.63) is 35.4 Å². The highest BCUT2D eigenvalue weighted by atomic mass is 19.2. The lowest BCUT2D eigenvalue weighted by molar-refractivity contribution is -0.141. The number of carbonyl (C=O) groups is 2. The zero-order valence-electron chi connectivity index (χ0n) is 9.98. The van der Waals surface area contributed by atoms with E-state index in [0.717, 1.165) is 17.0 Å². The number of hydrogen-bond donors (Lipinski definition) is 1. The van der Waals surface area contributed by atoms with Gasteiger partial charge in [0, 0.05) is 13.6 Å². The van der Waals surface area contributed by atoms with Crippen molar-refractivity contribution in [2.24, 2.45) is 5.92 Å². The second-order valence-electron chi connectivity index (χ2n) is 4.03. The molecule has 6 heteroatoms. The summed E-state index contributed by atoms with van der Waals surface area (Å²) in [4.78, 5) is 23.5. The minimum absolute atomic E-state index is 0.0792. The van der Waals surface area contributed by atoms with Crippen molar-refractivity contribution in [2.75, 3.05) is 13.6 Å². The van der Waals surface area contributed by atoms with Gasteiger partial charge in [-0.1, -0.05) is 13.0 Å². The number of rotatable bonds is 4. The molecule has 98 valence electrons. The summed E-state index contributed by atoms with van der Waals surface area (Å²) in [6, 6.07) is 3.29. The SMILES string of the molecule is C[C@H](CN(C)C(=O)c1cccc(F)c1F)C(=O)O. The van der Waals surface area contributed by atoms with Gasteiger partial charge in [-0.15, -0.1) is 0 Å². The largest absolute Gasteiger partial charge is 0.481 e. The van der Waals surface area contributed by atoms with E-state index in [2.05, 4.69) is 0 Å². The molecule has 0 saturated heterocycles. The van der Waals surface area contributed by atoms with Crippen LogP contribution in [-0.4, -0.2) is 35.5 Å². The molecule has 0 fully saturated rings. The number of benzene rings is 1. The highest BCUT2D eigenvalue weighted by molar-refractivity contribution is 5.94. The summed E-state index contributed by atoms with van der Waals surface area (Å²) in [5.74, 6) is -4.93. The van der Waals surface area contributed by atoms with Crippen LogP contribution < -0.4 is 0 Å². The Morgan fingerprint density at radius 2 is 2.00 bits per heavy atom. The summed E-state index contributed by atoms with van der Waals surface area (Å²) in [6.45, 7) is 1.35. The number of nitrogens with zero attached hydrogens (tertiary/aromatic N) is 1. The second-order valence-corrected chi connectivity index (χ2v) is 4.03. The van der Waals surface area contributed by atoms with Crippen LogP contribution in [0, 0.1) is 17.6 Å². The van der Waals surface area contributed by atoms with Crippen molar-refractivity contribution in [1.82, 2.24) is 4.90 Å². The van der Waals surface area contributed by atoms with Crippen LogP contribution in [0.5, 0.6) is 0 Å². The molecular formula is C12H13F2NO3. The number of hydrogen-bond acceptors (Lipinski definition) is 2. The van der Waals surface area contributed by atoms with Gasteiger partial charge in [0.2, 0.25) is 0 Å². The standard InChI is InChI=1S/C12H13F2NO3/c1-7(12(17)18)6-15(2)11(16)8-4-3-5-9(13)10(8)14/h3-5,7H,6H2,1-2H3,(H,17,18)/t7-/m1/s1. The first-order chi connectivity index (χ1) is 8.34. The third kappa shape index (κ3) is 3.03. The first kappa shape index (κ1) is 14.1. The van der Waals surface area contributed by atoms with Crippen LogP contribution in [0.2, 0.25) is 0 Å². The molecule has 1 rings (SSSR count). The monoisotopic (exact) mass is 257 g/mol. The Bertz CT molecular complexity index is 476. The quantitative estimate of drug-likeness (QED) is 0.894. The van der Waals surface area contributed by atoms with Crippen molar-refractivity contribution in [3.8, 4) is 0 Å². The first-order valence-corrected chi connectivity index (χ1v) is 5.27. The Morgan fingerprint density at radius 3 is 2.56 bits per heavy atom. The predicted molar refractivity (Wildman–Crippen MR) is 60.1 cm³/mol. The van der Waals surface area contributed by atoms with Crippen LogP contribution in [0.25, 0.3) is 0 Å². The van der Waals surface area contributed by atoms with E-state index in [4.69, 9.17) is 5.11 Å². The molecule has 0 radical (unpaired) electrons. The van der Waals surface area contributed by atoms with Crippen LogP contribution in [0.15, 0.2) is 18.2 Å². The summed E-state index contributed by atoms with van der Waals surface area (Å²) in [6.07, 6.45) is 0. The minimum Gasteiger partial charge on any atom is -0.481 e. The Morgan fingerprint density at radius 1 is 1.39 bits per heavy atom. The summed E-state index contributed by atoms with van der Waals surface area (Å²) in [5, 5.41) is 8.71. The average Bonchev–Trinajstić information content (AvgIpc) is 2.31. The zero-order valence-corrected chi connectivity index (χ0v) is 9.98. The molecular weight excluding hydrogens is 244 g/mol.